The molecule has 4 aromatic rings. The van der Waals surface area contributed by atoms with E-state index in [4.69, 9.17) is 5.73 Å². The van der Waals surface area contributed by atoms with E-state index in [2.05, 4.69) is 21.7 Å². The molecule has 0 spiro atoms. The Labute approximate surface area is 178 Å². The summed E-state index contributed by atoms with van der Waals surface area (Å²) >= 11 is 1.39. The molecule has 0 saturated carbocycles. The van der Waals surface area contributed by atoms with Gasteiger partial charge >= 0.3 is 0 Å². The number of nitrogens with one attached hydrogen (secondary N) is 2. The van der Waals surface area contributed by atoms with E-state index >= 15 is 0 Å². The van der Waals surface area contributed by atoms with Gasteiger partial charge in [-0.3, -0.25) is 4.79 Å². The average Bonchev–Trinajstić information content (AvgIpc) is 3.11. The summed E-state index contributed by atoms with van der Waals surface area (Å²) in [4.78, 5) is 17.2. The van der Waals surface area contributed by atoms with Crippen LogP contribution in [0.4, 0.5) is 16.5 Å². The van der Waals surface area contributed by atoms with Gasteiger partial charge in [-0.05, 0) is 24.6 Å². The molecule has 1 amide bonds. The second kappa shape index (κ2) is 7.85. The Kier molecular flexibility index (Phi) is 5.09. The monoisotopic (exact) mass is 413 g/mol. The van der Waals surface area contributed by atoms with Crippen molar-refractivity contribution in [2.24, 2.45) is 0 Å². The van der Waals surface area contributed by atoms with Crippen molar-refractivity contribution in [3.63, 3.8) is 0 Å². The van der Waals surface area contributed by atoms with Crippen LogP contribution in [0.25, 0.3) is 21.3 Å². The van der Waals surface area contributed by atoms with Crippen LogP contribution in [0.3, 0.4) is 0 Å². The number of nitrogens with two attached hydrogens (primary N) is 1. The molecule has 148 valence electrons. The van der Waals surface area contributed by atoms with Gasteiger partial charge < -0.3 is 16.4 Å². The summed E-state index contributed by atoms with van der Waals surface area (Å²) in [5.74, 6) is -0.167. The Balaban J connectivity index is 2.02. The van der Waals surface area contributed by atoms with Gasteiger partial charge in [-0.15, -0.1) is 11.3 Å². The second-order valence-corrected chi connectivity index (χ2v) is 7.80. The number of benzene rings is 2. The maximum Gasteiger partial charge on any atom is 0.256 e. The van der Waals surface area contributed by atoms with E-state index in [1.807, 2.05) is 61.5 Å². The summed E-state index contributed by atoms with van der Waals surface area (Å²) in [7, 11) is 1.58. The number of aromatic nitrogens is 1. The first-order valence-corrected chi connectivity index (χ1v) is 10.1. The predicted molar refractivity (Wildman–Crippen MR) is 122 cm³/mol. The van der Waals surface area contributed by atoms with E-state index in [0.717, 1.165) is 21.5 Å². The van der Waals surface area contributed by atoms with Crippen molar-refractivity contribution >= 4 is 44.0 Å². The number of hydrogen-bond donors (Lipinski definition) is 3. The number of fused-ring (bicyclic) bond motifs is 1. The number of rotatable bonds is 4. The third-order valence-electron chi connectivity index (χ3n) is 4.79. The molecule has 0 aliphatic rings. The van der Waals surface area contributed by atoms with Crippen LogP contribution in [0.15, 0.2) is 54.6 Å². The summed E-state index contributed by atoms with van der Waals surface area (Å²) < 4.78 is 0.736. The fourth-order valence-electron chi connectivity index (χ4n) is 3.30. The molecule has 4 rings (SSSR count). The highest BCUT2D eigenvalue weighted by Crippen LogP contribution is 2.44. The summed E-state index contributed by atoms with van der Waals surface area (Å²) in [6.07, 6.45) is 0. The number of aryl methyl sites for hydroxylation is 1. The fraction of sp³-hybridized carbons (Fsp3) is 0.0870. The number of carbonyl (C=O) groups is 1. The zero-order valence-corrected chi connectivity index (χ0v) is 17.3. The highest BCUT2D eigenvalue weighted by Gasteiger charge is 2.25. The highest BCUT2D eigenvalue weighted by molar-refractivity contribution is 7.24. The molecule has 30 heavy (non-hydrogen) atoms. The first kappa shape index (κ1) is 19.4. The van der Waals surface area contributed by atoms with Crippen LogP contribution < -0.4 is 16.4 Å². The molecule has 7 heteroatoms. The van der Waals surface area contributed by atoms with Crippen LogP contribution in [-0.2, 0) is 0 Å². The van der Waals surface area contributed by atoms with E-state index in [9.17, 15) is 10.1 Å². The summed E-state index contributed by atoms with van der Waals surface area (Å²) in [6, 6.07) is 19.6. The van der Waals surface area contributed by atoms with Crippen molar-refractivity contribution < 1.29 is 4.79 Å². The van der Waals surface area contributed by atoms with Gasteiger partial charge in [0.1, 0.15) is 28.0 Å². The van der Waals surface area contributed by atoms with E-state index in [-0.39, 0.29) is 11.7 Å². The standard InChI is InChI=1S/C23H19N5OS/c1-13-8-10-15(11-9-13)27-23-18(22(29)26-2)19-20(30-23)17(14-6-4-3-5-7-14)16(12-24)21(25)28-19/h3-11,27H,1-2H3,(H2,25,28)(H,26,29). The van der Waals surface area contributed by atoms with Gasteiger partial charge in [-0.2, -0.15) is 5.26 Å². The number of thiophene rings is 1. The molecular formula is C23H19N5OS. The SMILES string of the molecule is CNC(=O)c1c(Nc2ccc(C)cc2)sc2c(-c3ccccc3)c(C#N)c(N)nc12. The number of pyridine rings is 1. The first-order chi connectivity index (χ1) is 14.5. The number of anilines is 3. The van der Waals surface area contributed by atoms with Gasteiger partial charge in [0.05, 0.1) is 10.2 Å². The van der Waals surface area contributed by atoms with Crippen molar-refractivity contribution in [1.82, 2.24) is 10.3 Å². The second-order valence-electron chi connectivity index (χ2n) is 6.78. The van der Waals surface area contributed by atoms with E-state index in [1.165, 1.54) is 11.3 Å². The summed E-state index contributed by atoms with van der Waals surface area (Å²) in [5, 5.41) is 16.4. The minimum absolute atomic E-state index is 0.105. The third-order valence-corrected chi connectivity index (χ3v) is 5.90. The smallest absolute Gasteiger partial charge is 0.256 e. The van der Waals surface area contributed by atoms with Crippen LogP contribution in [-0.4, -0.2) is 17.9 Å². The molecule has 0 unspecified atom stereocenters. The highest BCUT2D eigenvalue weighted by atomic mass is 32.1. The molecule has 0 saturated heterocycles. The molecule has 4 N–H and O–H groups in total. The predicted octanol–water partition coefficient (Wildman–Crippen LogP) is 4.83. The largest absolute Gasteiger partial charge is 0.383 e. The summed E-state index contributed by atoms with van der Waals surface area (Å²) in [6.45, 7) is 2.02. The van der Waals surface area contributed by atoms with Crippen molar-refractivity contribution in [2.75, 3.05) is 18.1 Å². The van der Waals surface area contributed by atoms with E-state index < -0.39 is 0 Å². The van der Waals surface area contributed by atoms with Crippen LogP contribution >= 0.6 is 11.3 Å². The lowest BCUT2D eigenvalue weighted by Gasteiger charge is -2.09. The van der Waals surface area contributed by atoms with E-state index in [0.29, 0.717) is 27.2 Å². The molecular weight excluding hydrogens is 394 g/mol. The lowest BCUT2D eigenvalue weighted by molar-refractivity contribution is 0.0965. The van der Waals surface area contributed by atoms with Crippen molar-refractivity contribution in [2.45, 2.75) is 6.92 Å². The lowest BCUT2D eigenvalue weighted by atomic mass is 10.00. The molecule has 0 bridgehead atoms. The molecule has 2 heterocycles. The molecule has 2 aromatic heterocycles. The number of nitrogen functional groups attached to an aromatic ring is 1. The number of nitrogens with zero attached hydrogens (tertiary/aromatic N) is 2. The quantitative estimate of drug-likeness (QED) is 0.445. The zero-order chi connectivity index (χ0) is 21.3. The molecule has 0 atom stereocenters. The molecule has 2 aromatic carbocycles. The topological polar surface area (TPSA) is 104 Å². The van der Waals surface area contributed by atoms with Gasteiger partial charge in [0.25, 0.3) is 5.91 Å². The first-order valence-electron chi connectivity index (χ1n) is 9.30. The van der Waals surface area contributed by atoms with Crippen LogP contribution in [0.5, 0.6) is 0 Å². The lowest BCUT2D eigenvalue weighted by Crippen LogP contribution is -2.18. The Hall–Kier alpha value is -3.89. The Morgan fingerprint density at radius 1 is 1.13 bits per heavy atom. The number of amides is 1. The number of carbonyl (C=O) groups excluding carboxylic acids is 1. The van der Waals surface area contributed by atoms with E-state index in [1.54, 1.807) is 7.05 Å². The molecule has 0 radical (unpaired) electrons. The normalized spacial score (nSPS) is 10.6. The van der Waals surface area contributed by atoms with Crippen LogP contribution in [0, 0.1) is 18.3 Å². The summed E-state index contributed by atoms with van der Waals surface area (Å²) in [5.41, 5.74) is 10.9. The molecule has 6 nitrogen and oxygen atoms in total. The maximum atomic E-state index is 12.8. The fourth-order valence-corrected chi connectivity index (χ4v) is 4.53. The number of hydrogen-bond acceptors (Lipinski definition) is 6. The zero-order valence-electron chi connectivity index (χ0n) is 16.5. The Morgan fingerprint density at radius 3 is 2.47 bits per heavy atom. The average molecular weight is 414 g/mol. The third kappa shape index (κ3) is 3.34. The van der Waals surface area contributed by atoms with Gasteiger partial charge in [0.2, 0.25) is 0 Å². The number of nitriles is 1. The molecule has 0 aliphatic carbocycles. The Bertz CT molecular complexity index is 1290. The van der Waals surface area contributed by atoms with Crippen molar-refractivity contribution in [3.8, 4) is 17.2 Å². The maximum absolute atomic E-state index is 12.8. The van der Waals surface area contributed by atoms with Gasteiger partial charge in [0.15, 0.2) is 0 Å². The van der Waals surface area contributed by atoms with Crippen molar-refractivity contribution in [3.05, 3.63) is 71.3 Å². The van der Waals surface area contributed by atoms with Crippen LogP contribution in [0.2, 0.25) is 0 Å². The van der Waals surface area contributed by atoms with Crippen molar-refractivity contribution in [1.29, 1.82) is 5.26 Å². The minimum Gasteiger partial charge on any atom is -0.383 e. The van der Waals surface area contributed by atoms with Crippen LogP contribution in [0.1, 0.15) is 21.5 Å². The molecule has 0 fully saturated rings. The van der Waals surface area contributed by atoms with Gasteiger partial charge in [0, 0.05) is 18.3 Å². The minimum atomic E-state index is -0.272. The Morgan fingerprint density at radius 2 is 1.83 bits per heavy atom. The molecule has 0 aliphatic heterocycles. The van der Waals surface area contributed by atoms with Gasteiger partial charge in [-0.25, -0.2) is 4.98 Å². The van der Waals surface area contributed by atoms with Gasteiger partial charge in [-0.1, -0.05) is 48.0 Å².